The smallest absolute Gasteiger partial charge is 0.123 e. The van der Waals surface area contributed by atoms with Crippen LogP contribution in [0.15, 0.2) is 72.1 Å². The van der Waals surface area contributed by atoms with Gasteiger partial charge in [-0.05, 0) is 59.2 Å². The average Bonchev–Trinajstić information content (AvgIpc) is 3.10. The Balaban J connectivity index is 1.76. The lowest BCUT2D eigenvalue weighted by Gasteiger charge is -2.07. The van der Waals surface area contributed by atoms with E-state index >= 15 is 0 Å². The number of rotatable bonds is 5. The van der Waals surface area contributed by atoms with E-state index in [2.05, 4.69) is 31.4 Å². The van der Waals surface area contributed by atoms with Crippen LogP contribution in [-0.4, -0.2) is 5.11 Å². The van der Waals surface area contributed by atoms with Gasteiger partial charge in [0.05, 0.1) is 5.76 Å². The fourth-order valence-corrected chi connectivity index (χ4v) is 3.00. The summed E-state index contributed by atoms with van der Waals surface area (Å²) < 4.78 is 13.3. The van der Waals surface area contributed by atoms with E-state index in [-0.39, 0.29) is 11.6 Å². The van der Waals surface area contributed by atoms with Crippen LogP contribution in [0.4, 0.5) is 4.39 Å². The van der Waals surface area contributed by atoms with E-state index in [4.69, 9.17) is 0 Å². The third-order valence-electron chi connectivity index (χ3n) is 4.24. The van der Waals surface area contributed by atoms with Crippen LogP contribution in [0.1, 0.15) is 30.4 Å². The van der Waals surface area contributed by atoms with Gasteiger partial charge in [-0.3, -0.25) is 0 Å². The van der Waals surface area contributed by atoms with Gasteiger partial charge in [-0.25, -0.2) is 4.39 Å². The molecule has 0 saturated heterocycles. The van der Waals surface area contributed by atoms with E-state index in [1.165, 1.54) is 22.8 Å². The van der Waals surface area contributed by atoms with Gasteiger partial charge in [0, 0.05) is 6.42 Å². The van der Waals surface area contributed by atoms with Crippen molar-refractivity contribution in [2.24, 2.45) is 0 Å². The molecule has 1 aromatic rings. The Hall–Kier alpha value is -2.35. The molecule has 0 saturated carbocycles. The average molecular weight is 294 g/mol. The zero-order valence-corrected chi connectivity index (χ0v) is 12.5. The topological polar surface area (TPSA) is 20.2 Å². The maximum atomic E-state index is 13.3. The first-order valence-electron chi connectivity index (χ1n) is 7.49. The maximum absolute atomic E-state index is 13.3. The molecule has 0 amide bonds. The maximum Gasteiger partial charge on any atom is 0.123 e. The lowest BCUT2D eigenvalue weighted by atomic mass is 9.98. The van der Waals surface area contributed by atoms with Crippen molar-refractivity contribution in [1.82, 2.24) is 0 Å². The second kappa shape index (κ2) is 5.80. The SMILES string of the molecule is C=C(O)CCC(=C)C1=CC(C2=CCc3cc(F)ccc32)=CC1. The van der Waals surface area contributed by atoms with Gasteiger partial charge in [0.1, 0.15) is 5.82 Å². The highest BCUT2D eigenvalue weighted by Crippen LogP contribution is 2.38. The minimum absolute atomic E-state index is 0.178. The molecular formula is C20H19FO. The first-order valence-corrected chi connectivity index (χ1v) is 7.49. The summed E-state index contributed by atoms with van der Waals surface area (Å²) in [7, 11) is 0. The highest BCUT2D eigenvalue weighted by molar-refractivity contribution is 5.87. The van der Waals surface area contributed by atoms with Crippen LogP contribution in [0, 0.1) is 5.82 Å². The quantitative estimate of drug-likeness (QED) is 0.718. The lowest BCUT2D eigenvalue weighted by Crippen LogP contribution is -1.89. The largest absolute Gasteiger partial charge is 0.513 e. The number of aliphatic hydroxyl groups excluding tert-OH is 1. The zero-order valence-electron chi connectivity index (χ0n) is 12.5. The molecular weight excluding hydrogens is 275 g/mol. The summed E-state index contributed by atoms with van der Waals surface area (Å²) in [5.74, 6) is 0.0185. The molecule has 0 aromatic heterocycles. The van der Waals surface area contributed by atoms with Gasteiger partial charge in [0.15, 0.2) is 0 Å². The number of fused-ring (bicyclic) bond motifs is 1. The Labute approximate surface area is 130 Å². The Morgan fingerprint density at radius 2 is 1.95 bits per heavy atom. The molecule has 0 heterocycles. The van der Waals surface area contributed by atoms with E-state index in [1.54, 1.807) is 6.07 Å². The van der Waals surface area contributed by atoms with Crippen molar-refractivity contribution < 1.29 is 9.50 Å². The molecule has 1 N–H and O–H groups in total. The predicted octanol–water partition coefficient (Wildman–Crippen LogP) is 5.43. The molecule has 1 aromatic carbocycles. The van der Waals surface area contributed by atoms with Gasteiger partial charge in [-0.2, -0.15) is 0 Å². The van der Waals surface area contributed by atoms with Gasteiger partial charge >= 0.3 is 0 Å². The Bertz CT molecular complexity index is 747. The normalized spacial score (nSPS) is 16.0. The molecule has 3 rings (SSSR count). The molecule has 0 bridgehead atoms. The van der Waals surface area contributed by atoms with Crippen LogP contribution in [-0.2, 0) is 6.42 Å². The first kappa shape index (κ1) is 14.6. The number of aliphatic hydroxyl groups is 1. The Morgan fingerprint density at radius 3 is 2.73 bits per heavy atom. The van der Waals surface area contributed by atoms with Crippen molar-refractivity contribution in [3.05, 3.63) is 89.0 Å². The minimum Gasteiger partial charge on any atom is -0.513 e. The van der Waals surface area contributed by atoms with Crippen molar-refractivity contribution in [2.75, 3.05) is 0 Å². The van der Waals surface area contributed by atoms with Crippen molar-refractivity contribution in [3.63, 3.8) is 0 Å². The fraction of sp³-hybridized carbons (Fsp3) is 0.200. The van der Waals surface area contributed by atoms with Crippen molar-refractivity contribution in [3.8, 4) is 0 Å². The highest BCUT2D eigenvalue weighted by atomic mass is 19.1. The molecule has 0 unspecified atom stereocenters. The van der Waals surface area contributed by atoms with Crippen LogP contribution < -0.4 is 0 Å². The van der Waals surface area contributed by atoms with Crippen molar-refractivity contribution >= 4 is 5.57 Å². The monoisotopic (exact) mass is 294 g/mol. The van der Waals surface area contributed by atoms with E-state index in [1.807, 2.05) is 6.07 Å². The number of allylic oxidation sites excluding steroid dienone is 8. The van der Waals surface area contributed by atoms with E-state index in [0.29, 0.717) is 6.42 Å². The van der Waals surface area contributed by atoms with Gasteiger partial charge in [-0.1, -0.05) is 43.0 Å². The van der Waals surface area contributed by atoms with Crippen LogP contribution >= 0.6 is 0 Å². The highest BCUT2D eigenvalue weighted by Gasteiger charge is 2.20. The molecule has 0 fully saturated rings. The molecule has 0 spiro atoms. The summed E-state index contributed by atoms with van der Waals surface area (Å²) in [6.07, 6.45) is 9.44. The summed E-state index contributed by atoms with van der Waals surface area (Å²) in [5.41, 5.74) is 6.79. The summed E-state index contributed by atoms with van der Waals surface area (Å²) in [6, 6.07) is 5.00. The lowest BCUT2D eigenvalue weighted by molar-refractivity contribution is 0.391. The zero-order chi connectivity index (χ0) is 15.7. The standard InChI is InChI=1S/C20H19FO/c1-13(3-4-14(2)22)15-5-6-16(11-15)19-9-7-17-12-18(21)8-10-20(17)19/h6,8-12,22H,1-5,7H2. The number of hydrogen-bond donors (Lipinski definition) is 1. The molecule has 2 aliphatic carbocycles. The van der Waals surface area contributed by atoms with Crippen LogP contribution in [0.25, 0.3) is 5.57 Å². The second-order valence-electron chi connectivity index (χ2n) is 5.83. The third-order valence-corrected chi connectivity index (χ3v) is 4.24. The van der Waals surface area contributed by atoms with Crippen LogP contribution in [0.5, 0.6) is 0 Å². The van der Waals surface area contributed by atoms with Gasteiger partial charge in [0.2, 0.25) is 0 Å². The molecule has 22 heavy (non-hydrogen) atoms. The predicted molar refractivity (Wildman–Crippen MR) is 89.0 cm³/mol. The Morgan fingerprint density at radius 1 is 1.14 bits per heavy atom. The number of benzene rings is 1. The molecule has 1 nitrogen and oxygen atoms in total. The second-order valence-corrected chi connectivity index (χ2v) is 5.83. The van der Waals surface area contributed by atoms with Gasteiger partial charge < -0.3 is 5.11 Å². The van der Waals surface area contributed by atoms with Gasteiger partial charge in [-0.15, -0.1) is 0 Å². The molecule has 0 aliphatic heterocycles. The number of hydrogen-bond acceptors (Lipinski definition) is 1. The van der Waals surface area contributed by atoms with Gasteiger partial charge in [0.25, 0.3) is 0 Å². The minimum atomic E-state index is -0.178. The summed E-state index contributed by atoms with van der Waals surface area (Å²) in [4.78, 5) is 0. The number of halogens is 1. The van der Waals surface area contributed by atoms with E-state index in [0.717, 1.165) is 36.0 Å². The van der Waals surface area contributed by atoms with Crippen molar-refractivity contribution in [2.45, 2.75) is 25.7 Å². The summed E-state index contributed by atoms with van der Waals surface area (Å²) in [5, 5.41) is 9.19. The molecule has 0 atom stereocenters. The Kier molecular flexibility index (Phi) is 3.84. The third kappa shape index (κ3) is 2.82. The molecule has 0 radical (unpaired) electrons. The summed E-state index contributed by atoms with van der Waals surface area (Å²) in [6.45, 7) is 7.61. The molecule has 2 heteroatoms. The van der Waals surface area contributed by atoms with Crippen LogP contribution in [0.3, 0.4) is 0 Å². The fourth-order valence-electron chi connectivity index (χ4n) is 3.00. The molecule has 2 aliphatic rings. The van der Waals surface area contributed by atoms with Crippen LogP contribution in [0.2, 0.25) is 0 Å². The molecule has 112 valence electrons. The van der Waals surface area contributed by atoms with E-state index in [9.17, 15) is 9.50 Å². The first-order chi connectivity index (χ1) is 10.5. The summed E-state index contributed by atoms with van der Waals surface area (Å²) >= 11 is 0. The van der Waals surface area contributed by atoms with Crippen molar-refractivity contribution in [1.29, 1.82) is 0 Å². The van der Waals surface area contributed by atoms with E-state index < -0.39 is 0 Å².